The Hall–Kier alpha value is -4.31. The zero-order valence-electron chi connectivity index (χ0n) is 16.3. The van der Waals surface area contributed by atoms with E-state index < -0.39 is 23.8 Å². The van der Waals surface area contributed by atoms with Crippen molar-refractivity contribution >= 4 is 63.7 Å². The first-order chi connectivity index (χ1) is 15.3. The molecule has 0 unspecified atom stereocenters. The minimum atomic E-state index is -1.12. The highest BCUT2D eigenvalue weighted by Gasteiger charge is 2.34. The van der Waals surface area contributed by atoms with Crippen molar-refractivity contribution in [1.82, 2.24) is 9.88 Å². The maximum atomic E-state index is 13.2. The standard InChI is InChI=1S/C22H15N3O6S/c26-18(27)11-24-10-13(15-3-1-2-4-17(15)24)9-16-19(28)23-22(32)25(20(16)29)14-7-5-12(6-8-14)21(30)31/h1-10H,11H2,(H,26,27)(H,30,31)(H,23,28,32)/b16-9+. The number of carboxylic acid groups (broad SMARTS) is 2. The molecule has 160 valence electrons. The highest BCUT2D eigenvalue weighted by atomic mass is 32.1. The number of benzene rings is 2. The van der Waals surface area contributed by atoms with E-state index in [1.165, 1.54) is 34.9 Å². The number of amides is 2. The van der Waals surface area contributed by atoms with E-state index in [0.29, 0.717) is 22.2 Å². The van der Waals surface area contributed by atoms with Crippen LogP contribution in [0, 0.1) is 0 Å². The zero-order valence-corrected chi connectivity index (χ0v) is 17.1. The number of nitrogens with one attached hydrogen (secondary N) is 1. The average Bonchev–Trinajstić information content (AvgIpc) is 3.08. The number of anilines is 1. The van der Waals surface area contributed by atoms with Crippen LogP contribution in [-0.2, 0) is 20.9 Å². The number of nitrogens with zero attached hydrogens (tertiary/aromatic N) is 2. The molecule has 0 atom stereocenters. The second-order valence-electron chi connectivity index (χ2n) is 6.93. The Bertz CT molecular complexity index is 1340. The quantitative estimate of drug-likeness (QED) is 0.310. The van der Waals surface area contributed by atoms with Crippen molar-refractivity contribution in [3.8, 4) is 0 Å². The van der Waals surface area contributed by atoms with Crippen LogP contribution in [0.2, 0.25) is 0 Å². The number of fused-ring (bicyclic) bond motifs is 1. The highest BCUT2D eigenvalue weighted by molar-refractivity contribution is 7.80. The lowest BCUT2D eigenvalue weighted by atomic mass is 10.1. The minimum absolute atomic E-state index is 0.0372. The number of para-hydroxylation sites is 1. The smallest absolute Gasteiger partial charge is 0.335 e. The molecule has 1 aliphatic heterocycles. The molecule has 2 aromatic carbocycles. The van der Waals surface area contributed by atoms with E-state index >= 15 is 0 Å². The molecule has 0 radical (unpaired) electrons. The molecule has 2 amide bonds. The fourth-order valence-electron chi connectivity index (χ4n) is 3.47. The lowest BCUT2D eigenvalue weighted by Gasteiger charge is -2.28. The van der Waals surface area contributed by atoms with Crippen LogP contribution in [0.5, 0.6) is 0 Å². The molecule has 9 nitrogen and oxygen atoms in total. The zero-order chi connectivity index (χ0) is 23.0. The third-order valence-corrected chi connectivity index (χ3v) is 5.18. The first-order valence-corrected chi connectivity index (χ1v) is 9.71. The lowest BCUT2D eigenvalue weighted by Crippen LogP contribution is -2.54. The van der Waals surface area contributed by atoms with Crippen LogP contribution in [0.3, 0.4) is 0 Å². The molecule has 0 aliphatic carbocycles. The summed E-state index contributed by atoms with van der Waals surface area (Å²) in [5, 5.41) is 21.2. The summed E-state index contributed by atoms with van der Waals surface area (Å²) in [6.07, 6.45) is 2.95. The molecule has 0 bridgehead atoms. The maximum absolute atomic E-state index is 13.2. The molecule has 0 spiro atoms. The van der Waals surface area contributed by atoms with Crippen LogP contribution in [-0.4, -0.2) is 43.6 Å². The van der Waals surface area contributed by atoms with Crippen LogP contribution in [0.1, 0.15) is 15.9 Å². The maximum Gasteiger partial charge on any atom is 0.335 e. The second-order valence-corrected chi connectivity index (χ2v) is 7.32. The predicted molar refractivity (Wildman–Crippen MR) is 119 cm³/mol. The Morgan fingerprint density at radius 3 is 2.38 bits per heavy atom. The average molecular weight is 449 g/mol. The Morgan fingerprint density at radius 2 is 1.72 bits per heavy atom. The monoisotopic (exact) mass is 449 g/mol. The predicted octanol–water partition coefficient (Wildman–Crippen LogP) is 2.26. The van der Waals surface area contributed by atoms with Gasteiger partial charge in [0.2, 0.25) is 0 Å². The fourth-order valence-corrected chi connectivity index (χ4v) is 3.75. The summed E-state index contributed by atoms with van der Waals surface area (Å²) in [6.45, 7) is -0.282. The van der Waals surface area contributed by atoms with Gasteiger partial charge in [0.1, 0.15) is 12.1 Å². The number of aromatic nitrogens is 1. The van der Waals surface area contributed by atoms with Gasteiger partial charge in [0.25, 0.3) is 11.8 Å². The number of aliphatic carboxylic acids is 1. The van der Waals surface area contributed by atoms with Gasteiger partial charge >= 0.3 is 11.9 Å². The molecule has 10 heteroatoms. The molecule has 0 saturated carbocycles. The van der Waals surface area contributed by atoms with Crippen molar-refractivity contribution in [3.63, 3.8) is 0 Å². The third-order valence-electron chi connectivity index (χ3n) is 4.90. The van der Waals surface area contributed by atoms with Gasteiger partial charge in [0.05, 0.1) is 11.3 Å². The molecular weight excluding hydrogens is 434 g/mol. The van der Waals surface area contributed by atoms with Gasteiger partial charge in [0, 0.05) is 22.7 Å². The van der Waals surface area contributed by atoms with Gasteiger partial charge in [0.15, 0.2) is 5.11 Å². The van der Waals surface area contributed by atoms with E-state index in [4.69, 9.17) is 17.3 Å². The molecule has 1 fully saturated rings. The van der Waals surface area contributed by atoms with E-state index in [0.717, 1.165) is 4.90 Å². The van der Waals surface area contributed by atoms with E-state index in [2.05, 4.69) is 5.32 Å². The highest BCUT2D eigenvalue weighted by Crippen LogP contribution is 2.27. The van der Waals surface area contributed by atoms with Crippen molar-refractivity contribution < 1.29 is 29.4 Å². The molecule has 3 aromatic rings. The van der Waals surface area contributed by atoms with Gasteiger partial charge in [-0.15, -0.1) is 0 Å². The molecule has 4 rings (SSSR count). The fraction of sp³-hybridized carbons (Fsp3) is 0.0455. The molecule has 1 saturated heterocycles. The Balaban J connectivity index is 1.77. The summed E-state index contributed by atoms with van der Waals surface area (Å²) >= 11 is 5.15. The number of carboxylic acids is 2. The number of hydrogen-bond acceptors (Lipinski definition) is 5. The van der Waals surface area contributed by atoms with Crippen LogP contribution in [0.25, 0.3) is 17.0 Å². The van der Waals surface area contributed by atoms with Crippen LogP contribution in [0.15, 0.2) is 60.3 Å². The molecule has 1 aliphatic rings. The molecule has 1 aromatic heterocycles. The van der Waals surface area contributed by atoms with Crippen molar-refractivity contribution in [2.45, 2.75) is 6.54 Å². The first kappa shape index (κ1) is 20.9. The Morgan fingerprint density at radius 1 is 1.03 bits per heavy atom. The van der Waals surface area contributed by atoms with E-state index in [1.54, 1.807) is 30.5 Å². The van der Waals surface area contributed by atoms with Crippen LogP contribution >= 0.6 is 12.2 Å². The van der Waals surface area contributed by atoms with Gasteiger partial charge in [-0.25, -0.2) is 4.79 Å². The topological polar surface area (TPSA) is 129 Å². The Kier molecular flexibility index (Phi) is 5.29. The van der Waals surface area contributed by atoms with E-state index in [-0.39, 0.29) is 22.8 Å². The summed E-state index contributed by atoms with van der Waals surface area (Å²) in [5.41, 5.74) is 1.27. The normalized spacial score (nSPS) is 15.3. The summed E-state index contributed by atoms with van der Waals surface area (Å²) in [6, 6.07) is 12.5. The van der Waals surface area contributed by atoms with Crippen LogP contribution in [0.4, 0.5) is 5.69 Å². The third kappa shape index (κ3) is 3.74. The van der Waals surface area contributed by atoms with Crippen LogP contribution < -0.4 is 10.2 Å². The number of rotatable bonds is 5. The van der Waals surface area contributed by atoms with Gasteiger partial charge in [-0.1, -0.05) is 18.2 Å². The largest absolute Gasteiger partial charge is 0.480 e. The number of hydrogen-bond donors (Lipinski definition) is 3. The SMILES string of the molecule is O=C(O)Cn1cc(/C=C2\C(=O)NC(=S)N(c3ccc(C(=O)O)cc3)C2=O)c2ccccc21. The molecule has 2 heterocycles. The summed E-state index contributed by atoms with van der Waals surface area (Å²) < 4.78 is 1.52. The second kappa shape index (κ2) is 8.08. The first-order valence-electron chi connectivity index (χ1n) is 9.30. The Labute approximate surface area is 186 Å². The van der Waals surface area contributed by atoms with Gasteiger partial charge in [-0.2, -0.15) is 0 Å². The molecular formula is C22H15N3O6S. The molecule has 3 N–H and O–H groups in total. The van der Waals surface area contributed by atoms with Gasteiger partial charge in [-0.05, 0) is 48.6 Å². The summed E-state index contributed by atoms with van der Waals surface area (Å²) in [4.78, 5) is 49.1. The van der Waals surface area contributed by atoms with E-state index in [9.17, 15) is 24.3 Å². The van der Waals surface area contributed by atoms with Crippen molar-refractivity contribution in [1.29, 1.82) is 0 Å². The number of carbonyl (C=O) groups excluding carboxylic acids is 2. The minimum Gasteiger partial charge on any atom is -0.480 e. The van der Waals surface area contributed by atoms with E-state index in [1.807, 2.05) is 0 Å². The van der Waals surface area contributed by atoms with Gasteiger partial charge in [-0.3, -0.25) is 24.6 Å². The van der Waals surface area contributed by atoms with Crippen molar-refractivity contribution in [3.05, 3.63) is 71.4 Å². The lowest BCUT2D eigenvalue weighted by molar-refractivity contribution is -0.137. The van der Waals surface area contributed by atoms with Crippen molar-refractivity contribution in [2.75, 3.05) is 4.90 Å². The number of aromatic carboxylic acids is 1. The number of carbonyl (C=O) groups is 4. The van der Waals surface area contributed by atoms with Crippen molar-refractivity contribution in [2.24, 2.45) is 0 Å². The summed E-state index contributed by atoms with van der Waals surface area (Å²) in [7, 11) is 0. The molecule has 32 heavy (non-hydrogen) atoms. The number of thiocarbonyl (C=S) groups is 1. The van der Waals surface area contributed by atoms with Gasteiger partial charge < -0.3 is 14.8 Å². The summed E-state index contributed by atoms with van der Waals surface area (Å²) in [5.74, 6) is -3.51.